The highest BCUT2D eigenvalue weighted by Gasteiger charge is 2.53. The van der Waals surface area contributed by atoms with Gasteiger partial charge in [0.1, 0.15) is 23.7 Å². The molecule has 0 bridgehead atoms. The second-order valence-corrected chi connectivity index (χ2v) is 10.0. The van der Waals surface area contributed by atoms with Crippen molar-refractivity contribution < 1.29 is 49.1 Å². The summed E-state index contributed by atoms with van der Waals surface area (Å²) in [6, 6.07) is 8.03. The number of aryl methyl sites for hydroxylation is 1. The molecule has 1 aliphatic heterocycles. The number of likely N-dealkylation sites (tertiary alicyclic amines) is 1. The van der Waals surface area contributed by atoms with E-state index in [9.17, 15) is 19.5 Å². The highest BCUT2D eigenvalue weighted by Crippen LogP contribution is 2.50. The van der Waals surface area contributed by atoms with E-state index in [0.29, 0.717) is 12.5 Å². The molecule has 4 rings (SSSR count). The topological polar surface area (TPSA) is 191 Å². The second kappa shape index (κ2) is 12.0. The lowest BCUT2D eigenvalue weighted by Crippen LogP contribution is -2.42. The molecule has 3 atom stereocenters. The van der Waals surface area contributed by atoms with Crippen molar-refractivity contribution in [2.75, 3.05) is 20.2 Å². The minimum absolute atomic E-state index is 0.246. The van der Waals surface area contributed by atoms with Crippen LogP contribution < -0.4 is 0 Å². The summed E-state index contributed by atoms with van der Waals surface area (Å²) in [5.41, 5.74) is -1.58. The fourth-order valence-electron chi connectivity index (χ4n) is 5.22. The van der Waals surface area contributed by atoms with E-state index >= 15 is 0 Å². The monoisotopic (exact) mass is 534 g/mol. The maximum absolute atomic E-state index is 11.4. The minimum atomic E-state index is -2.74. The smallest absolute Gasteiger partial charge is 0.336 e. The third-order valence-electron chi connectivity index (χ3n) is 7.05. The summed E-state index contributed by atoms with van der Waals surface area (Å²) >= 11 is 0. The number of nitrogens with zero attached hydrogens (tertiary/aromatic N) is 2. The molecular weight excluding hydrogens is 500 g/mol. The van der Waals surface area contributed by atoms with E-state index in [1.165, 1.54) is 0 Å². The Hall–Kier alpha value is -3.32. The molecule has 1 saturated heterocycles. The molecule has 5 N–H and O–H groups in total. The minimum Gasteiger partial charge on any atom is -0.481 e. The van der Waals surface area contributed by atoms with Crippen molar-refractivity contribution in [1.82, 2.24) is 9.88 Å². The molecule has 208 valence electrons. The van der Waals surface area contributed by atoms with E-state index < -0.39 is 42.0 Å². The van der Waals surface area contributed by atoms with Crippen molar-refractivity contribution in [3.8, 4) is 0 Å². The van der Waals surface area contributed by atoms with Crippen molar-refractivity contribution in [3.05, 3.63) is 53.2 Å². The second-order valence-electron chi connectivity index (χ2n) is 10.0. The van der Waals surface area contributed by atoms with Crippen LogP contribution in [0.2, 0.25) is 0 Å². The molecule has 2 aromatic heterocycles. The number of aliphatic hydroxyl groups is 2. The molecule has 1 aliphatic carbocycles. The highest BCUT2D eigenvalue weighted by atomic mass is 16.5. The highest BCUT2D eigenvalue weighted by molar-refractivity contribution is 5.88. The van der Waals surface area contributed by atoms with E-state index in [1.807, 2.05) is 37.4 Å². The Bertz CT molecular complexity index is 1120. The summed E-state index contributed by atoms with van der Waals surface area (Å²) in [6.07, 6.45) is 1.43. The maximum Gasteiger partial charge on any atom is 0.336 e. The van der Waals surface area contributed by atoms with E-state index in [1.54, 1.807) is 7.11 Å². The molecule has 0 spiro atoms. The van der Waals surface area contributed by atoms with Crippen molar-refractivity contribution >= 4 is 17.9 Å². The number of furan rings is 1. The van der Waals surface area contributed by atoms with E-state index in [-0.39, 0.29) is 5.92 Å². The zero-order chi connectivity index (χ0) is 28.1. The molecule has 38 heavy (non-hydrogen) atoms. The molecule has 3 heterocycles. The lowest BCUT2D eigenvalue weighted by molar-refractivity contribution is -0.170. The number of methoxy groups -OCH3 is 1. The quantitative estimate of drug-likeness (QED) is 0.296. The van der Waals surface area contributed by atoms with Gasteiger partial charge in [0.05, 0.1) is 25.1 Å². The van der Waals surface area contributed by atoms with Crippen molar-refractivity contribution in [2.24, 2.45) is 11.8 Å². The molecule has 12 nitrogen and oxygen atoms in total. The number of hydrogen-bond acceptors (Lipinski definition) is 9. The molecule has 1 saturated carbocycles. The van der Waals surface area contributed by atoms with Gasteiger partial charge in [0, 0.05) is 32.3 Å². The Morgan fingerprint density at radius 1 is 1.11 bits per heavy atom. The standard InChI is InChI=1S/C20H26N2O3.C6H8O7/c1-14-3-6-19(21-9-14)20(23)8-7-15-10-22(12-18(15)20)11-16-4-5-17(25-16)13-24-2;7-3(8)1-6(13,5(11)12)2-4(9)10/h3-6,9,15,18,23H,7-8,10-13H2,1-2H3;13H,1-2H2,(H,7,8)(H,9,10)(H,11,12)/t15-,18+,20-;/m0./s1. The van der Waals surface area contributed by atoms with Gasteiger partial charge in [0.15, 0.2) is 5.60 Å². The third-order valence-corrected chi connectivity index (χ3v) is 7.05. The van der Waals surface area contributed by atoms with Gasteiger partial charge in [0.2, 0.25) is 0 Å². The van der Waals surface area contributed by atoms with Gasteiger partial charge in [-0.05, 0) is 49.4 Å². The first-order chi connectivity index (χ1) is 17.9. The molecule has 0 aromatic carbocycles. The molecular formula is C26H34N2O10. The molecule has 2 aliphatic rings. The van der Waals surface area contributed by atoms with Gasteiger partial charge in [-0.3, -0.25) is 19.5 Å². The first kappa shape index (κ1) is 29.2. The summed E-state index contributed by atoms with van der Waals surface area (Å²) in [5.74, 6) is -2.42. The summed E-state index contributed by atoms with van der Waals surface area (Å²) in [4.78, 5) is 37.4. The first-order valence-corrected chi connectivity index (χ1v) is 12.2. The van der Waals surface area contributed by atoms with E-state index in [2.05, 4.69) is 9.88 Å². The fraction of sp³-hybridized carbons (Fsp3) is 0.538. The summed E-state index contributed by atoms with van der Waals surface area (Å²) < 4.78 is 10.9. The van der Waals surface area contributed by atoms with Crippen LogP contribution in [0.3, 0.4) is 0 Å². The van der Waals surface area contributed by atoms with Gasteiger partial charge in [-0.1, -0.05) is 6.07 Å². The normalized spacial score (nSPS) is 22.9. The van der Waals surface area contributed by atoms with Crippen LogP contribution in [0.15, 0.2) is 34.9 Å². The Morgan fingerprint density at radius 2 is 1.76 bits per heavy atom. The van der Waals surface area contributed by atoms with Crippen molar-refractivity contribution in [3.63, 3.8) is 0 Å². The van der Waals surface area contributed by atoms with Crippen molar-refractivity contribution in [2.45, 2.75) is 57.0 Å². The number of hydrogen-bond donors (Lipinski definition) is 5. The number of aromatic nitrogens is 1. The number of ether oxygens (including phenoxy) is 1. The molecule has 2 fully saturated rings. The SMILES string of the molecule is COCc1ccc(CN2C[C@@H]3CC[C@@](O)(c4ccc(C)cn4)[C@@H]3C2)o1.O=C(O)CC(O)(CC(=O)O)C(=O)O. The Morgan fingerprint density at radius 3 is 2.32 bits per heavy atom. The maximum atomic E-state index is 11.4. The summed E-state index contributed by atoms with van der Waals surface area (Å²) in [5, 5.41) is 45.2. The first-order valence-electron chi connectivity index (χ1n) is 12.2. The zero-order valence-electron chi connectivity index (χ0n) is 21.4. The van der Waals surface area contributed by atoms with Crippen LogP contribution in [-0.4, -0.2) is 79.1 Å². The number of pyridine rings is 1. The van der Waals surface area contributed by atoms with Crippen LogP contribution >= 0.6 is 0 Å². The van der Waals surface area contributed by atoms with Crippen LogP contribution in [0.1, 0.15) is 48.5 Å². The lowest BCUT2D eigenvalue weighted by atomic mass is 9.85. The summed E-state index contributed by atoms with van der Waals surface area (Å²) in [6.45, 7) is 5.21. The van der Waals surface area contributed by atoms with Crippen LogP contribution in [-0.2, 0) is 37.9 Å². The van der Waals surface area contributed by atoms with Crippen LogP contribution in [0.5, 0.6) is 0 Å². The Balaban J connectivity index is 0.000000263. The van der Waals surface area contributed by atoms with Crippen LogP contribution in [0, 0.1) is 18.8 Å². The predicted octanol–water partition coefficient (Wildman–Crippen LogP) is 1.61. The molecule has 2 aromatic rings. The molecule has 0 unspecified atom stereocenters. The van der Waals surface area contributed by atoms with Gasteiger partial charge in [0.25, 0.3) is 0 Å². The number of carboxylic acid groups (broad SMARTS) is 3. The van der Waals surface area contributed by atoms with E-state index in [4.69, 9.17) is 29.6 Å². The largest absolute Gasteiger partial charge is 0.481 e. The van der Waals surface area contributed by atoms with Gasteiger partial charge in [-0.15, -0.1) is 0 Å². The van der Waals surface area contributed by atoms with Crippen molar-refractivity contribution in [1.29, 1.82) is 0 Å². The number of rotatable bonds is 10. The lowest BCUT2D eigenvalue weighted by Gasteiger charge is -2.29. The van der Waals surface area contributed by atoms with E-state index in [0.717, 1.165) is 55.3 Å². The summed E-state index contributed by atoms with van der Waals surface area (Å²) in [7, 11) is 1.67. The molecule has 0 radical (unpaired) electrons. The predicted molar refractivity (Wildman–Crippen MR) is 131 cm³/mol. The third kappa shape index (κ3) is 6.95. The Kier molecular flexibility index (Phi) is 9.26. The zero-order valence-corrected chi connectivity index (χ0v) is 21.4. The van der Waals surface area contributed by atoms with Gasteiger partial charge >= 0.3 is 17.9 Å². The number of carbonyl (C=O) groups is 3. The number of fused-ring (bicyclic) bond motifs is 1. The number of aliphatic carboxylic acids is 3. The average molecular weight is 535 g/mol. The molecule has 12 heteroatoms. The fourth-order valence-corrected chi connectivity index (χ4v) is 5.22. The Labute approximate surface area is 219 Å². The van der Waals surface area contributed by atoms with Crippen LogP contribution in [0.25, 0.3) is 0 Å². The van der Waals surface area contributed by atoms with Gasteiger partial charge in [-0.25, -0.2) is 4.79 Å². The molecule has 0 amide bonds. The number of carboxylic acids is 3. The van der Waals surface area contributed by atoms with Gasteiger partial charge in [-0.2, -0.15) is 0 Å². The average Bonchev–Trinajstić information content (AvgIpc) is 3.51. The van der Waals surface area contributed by atoms with Gasteiger partial charge < -0.3 is 34.7 Å². The van der Waals surface area contributed by atoms with Crippen LogP contribution in [0.4, 0.5) is 0 Å².